The highest BCUT2D eigenvalue weighted by atomic mass is 32.2. The van der Waals surface area contributed by atoms with E-state index in [1.54, 1.807) is 7.11 Å². The Balaban J connectivity index is 1.71. The lowest BCUT2D eigenvalue weighted by Crippen LogP contribution is -2.13. The minimum atomic E-state index is 0.451. The molecule has 0 radical (unpaired) electrons. The highest BCUT2D eigenvalue weighted by molar-refractivity contribution is 8.00. The Morgan fingerprint density at radius 1 is 1.12 bits per heavy atom. The molecule has 0 saturated carbocycles. The molecule has 1 aromatic heterocycles. The van der Waals surface area contributed by atoms with E-state index < -0.39 is 0 Å². The van der Waals surface area contributed by atoms with Gasteiger partial charge in [0.25, 0.3) is 0 Å². The van der Waals surface area contributed by atoms with E-state index in [0.717, 1.165) is 25.1 Å². The van der Waals surface area contributed by atoms with Gasteiger partial charge in [0.05, 0.1) is 13.4 Å². The van der Waals surface area contributed by atoms with Crippen LogP contribution in [0.4, 0.5) is 0 Å². The number of aromatic nitrogens is 2. The Morgan fingerprint density at radius 2 is 1.92 bits per heavy atom. The van der Waals surface area contributed by atoms with Crippen LogP contribution in [-0.2, 0) is 13.0 Å². The van der Waals surface area contributed by atoms with Crippen molar-refractivity contribution in [3.05, 3.63) is 78.4 Å². The summed E-state index contributed by atoms with van der Waals surface area (Å²) in [6.45, 7) is 3.07. The number of hydrogen-bond acceptors (Lipinski definition) is 3. The quantitative estimate of drug-likeness (QED) is 0.534. The molecule has 1 unspecified atom stereocenters. The van der Waals surface area contributed by atoms with Crippen molar-refractivity contribution < 1.29 is 4.74 Å². The topological polar surface area (TPSA) is 27.1 Å². The van der Waals surface area contributed by atoms with E-state index in [1.165, 1.54) is 16.0 Å². The van der Waals surface area contributed by atoms with Gasteiger partial charge in [0.15, 0.2) is 0 Å². The highest BCUT2D eigenvalue weighted by Gasteiger charge is 2.14. The summed E-state index contributed by atoms with van der Waals surface area (Å²) in [6, 6.07) is 17.1. The van der Waals surface area contributed by atoms with E-state index in [2.05, 4.69) is 52.9 Å². The second-order valence-corrected chi connectivity index (χ2v) is 7.52. The summed E-state index contributed by atoms with van der Waals surface area (Å²) in [6.07, 6.45) is 7.93. The first-order valence-electron chi connectivity index (χ1n) is 8.55. The van der Waals surface area contributed by atoms with E-state index in [-0.39, 0.29) is 0 Å². The second kappa shape index (κ2) is 8.77. The van der Waals surface area contributed by atoms with Crippen LogP contribution in [0.1, 0.15) is 17.5 Å². The number of hydrogen-bond donors (Lipinski definition) is 0. The van der Waals surface area contributed by atoms with Gasteiger partial charge < -0.3 is 9.30 Å². The summed E-state index contributed by atoms with van der Waals surface area (Å²) < 4.78 is 7.67. The Kier molecular flexibility index (Phi) is 6.18. The molecular formula is C21H24N2OS. The fourth-order valence-corrected chi connectivity index (χ4v) is 4.06. The Bertz CT molecular complexity index is 769. The first-order chi connectivity index (χ1) is 12.2. The number of thioether (sulfide) groups is 1. The van der Waals surface area contributed by atoms with Gasteiger partial charge >= 0.3 is 0 Å². The van der Waals surface area contributed by atoms with Crippen LogP contribution >= 0.6 is 11.8 Å². The predicted molar refractivity (Wildman–Crippen MR) is 104 cm³/mol. The van der Waals surface area contributed by atoms with Crippen LogP contribution in [0.25, 0.3) is 0 Å². The average Bonchev–Trinajstić information content (AvgIpc) is 3.14. The molecule has 0 aliphatic carbocycles. The number of imidazole rings is 1. The third kappa shape index (κ3) is 5.13. The van der Waals surface area contributed by atoms with Crippen molar-refractivity contribution in [1.82, 2.24) is 9.55 Å². The van der Waals surface area contributed by atoms with Crippen molar-refractivity contribution in [3.8, 4) is 5.75 Å². The summed E-state index contributed by atoms with van der Waals surface area (Å²) in [4.78, 5) is 5.37. The molecule has 0 fully saturated rings. The molecule has 0 N–H and O–H groups in total. The summed E-state index contributed by atoms with van der Waals surface area (Å²) >= 11 is 1.89. The molecule has 3 aromatic rings. The molecule has 130 valence electrons. The van der Waals surface area contributed by atoms with Crippen LogP contribution in [-0.4, -0.2) is 21.9 Å². The number of methoxy groups -OCH3 is 1. The SMILES string of the molecule is COc1ccccc1SC(CCc1ccc(C)cc1)Cn1ccnc1. The molecule has 3 nitrogen and oxygen atoms in total. The van der Waals surface area contributed by atoms with Crippen molar-refractivity contribution in [1.29, 1.82) is 0 Å². The lowest BCUT2D eigenvalue weighted by atomic mass is 10.1. The summed E-state index contributed by atoms with van der Waals surface area (Å²) in [5.74, 6) is 0.943. The van der Waals surface area contributed by atoms with E-state index in [9.17, 15) is 0 Å². The first-order valence-corrected chi connectivity index (χ1v) is 9.43. The van der Waals surface area contributed by atoms with Gasteiger partial charge in [-0.05, 0) is 37.5 Å². The van der Waals surface area contributed by atoms with Gasteiger partial charge in [-0.2, -0.15) is 0 Å². The Labute approximate surface area is 154 Å². The Hall–Kier alpha value is -2.20. The maximum absolute atomic E-state index is 5.52. The molecular weight excluding hydrogens is 328 g/mol. The minimum Gasteiger partial charge on any atom is -0.496 e. The molecule has 2 aromatic carbocycles. The molecule has 0 aliphatic heterocycles. The monoisotopic (exact) mass is 352 g/mol. The first kappa shape index (κ1) is 17.6. The molecule has 25 heavy (non-hydrogen) atoms. The number of ether oxygens (including phenoxy) is 1. The standard InChI is InChI=1S/C21H24N2OS/c1-17-7-9-18(10-8-17)11-12-19(15-23-14-13-22-16-23)25-21-6-4-3-5-20(21)24-2/h3-10,13-14,16,19H,11-12,15H2,1-2H3. The number of para-hydroxylation sites is 1. The molecule has 3 rings (SSSR count). The van der Waals surface area contributed by atoms with Crippen molar-refractivity contribution in [2.24, 2.45) is 0 Å². The zero-order chi connectivity index (χ0) is 17.5. The lowest BCUT2D eigenvalue weighted by molar-refractivity contribution is 0.404. The van der Waals surface area contributed by atoms with Crippen LogP contribution in [0.2, 0.25) is 0 Å². The van der Waals surface area contributed by atoms with Crippen molar-refractivity contribution >= 4 is 11.8 Å². The maximum atomic E-state index is 5.52. The van der Waals surface area contributed by atoms with Gasteiger partial charge in [-0.25, -0.2) is 4.98 Å². The number of rotatable bonds is 8. The molecule has 1 atom stereocenters. The zero-order valence-electron chi connectivity index (χ0n) is 14.8. The smallest absolute Gasteiger partial charge is 0.132 e. The van der Waals surface area contributed by atoms with Gasteiger partial charge in [0.1, 0.15) is 5.75 Å². The number of benzene rings is 2. The largest absolute Gasteiger partial charge is 0.496 e. The molecule has 0 spiro atoms. The van der Waals surface area contributed by atoms with E-state index in [4.69, 9.17) is 4.74 Å². The van der Waals surface area contributed by atoms with Gasteiger partial charge in [0.2, 0.25) is 0 Å². The third-order valence-electron chi connectivity index (χ3n) is 4.21. The Morgan fingerprint density at radius 3 is 2.64 bits per heavy atom. The molecule has 0 amide bonds. The van der Waals surface area contributed by atoms with Crippen molar-refractivity contribution in [2.45, 2.75) is 36.5 Å². The van der Waals surface area contributed by atoms with E-state index in [0.29, 0.717) is 5.25 Å². The van der Waals surface area contributed by atoms with Crippen LogP contribution in [0, 0.1) is 6.92 Å². The molecule has 0 bridgehead atoms. The normalized spacial score (nSPS) is 12.1. The highest BCUT2D eigenvalue weighted by Crippen LogP contribution is 2.34. The van der Waals surface area contributed by atoms with Crippen LogP contribution in [0.5, 0.6) is 5.75 Å². The summed E-state index contributed by atoms with van der Waals surface area (Å²) in [5, 5.41) is 0.451. The fourth-order valence-electron chi connectivity index (χ4n) is 2.80. The maximum Gasteiger partial charge on any atom is 0.132 e. The molecule has 1 heterocycles. The lowest BCUT2D eigenvalue weighted by Gasteiger charge is -2.19. The van der Waals surface area contributed by atoms with Crippen LogP contribution < -0.4 is 4.74 Å². The van der Waals surface area contributed by atoms with Crippen LogP contribution in [0.3, 0.4) is 0 Å². The third-order valence-corrected chi connectivity index (χ3v) is 5.52. The molecule has 0 saturated heterocycles. The molecule has 4 heteroatoms. The average molecular weight is 353 g/mol. The summed E-state index contributed by atoms with van der Waals surface area (Å²) in [7, 11) is 1.73. The fraction of sp³-hybridized carbons (Fsp3) is 0.286. The number of nitrogens with zero attached hydrogens (tertiary/aromatic N) is 2. The van der Waals surface area contributed by atoms with Crippen LogP contribution in [0.15, 0.2) is 72.1 Å². The van der Waals surface area contributed by atoms with E-state index >= 15 is 0 Å². The van der Waals surface area contributed by atoms with Crippen molar-refractivity contribution in [3.63, 3.8) is 0 Å². The van der Waals surface area contributed by atoms with Gasteiger partial charge in [0, 0.05) is 29.1 Å². The van der Waals surface area contributed by atoms with Gasteiger partial charge in [-0.1, -0.05) is 42.0 Å². The van der Waals surface area contributed by atoms with Gasteiger partial charge in [-0.3, -0.25) is 0 Å². The minimum absolute atomic E-state index is 0.451. The predicted octanol–water partition coefficient (Wildman–Crippen LogP) is 4.99. The second-order valence-electron chi connectivity index (χ2n) is 6.17. The van der Waals surface area contributed by atoms with Crippen molar-refractivity contribution in [2.75, 3.05) is 7.11 Å². The number of aryl methyl sites for hydroxylation is 2. The molecule has 0 aliphatic rings. The summed E-state index contributed by atoms with van der Waals surface area (Å²) in [5.41, 5.74) is 2.70. The van der Waals surface area contributed by atoms with E-state index in [1.807, 2.05) is 42.6 Å². The zero-order valence-corrected chi connectivity index (χ0v) is 15.6. The van der Waals surface area contributed by atoms with Gasteiger partial charge in [-0.15, -0.1) is 11.8 Å².